The van der Waals surface area contributed by atoms with Crippen LogP contribution in [0.3, 0.4) is 0 Å². The first kappa shape index (κ1) is 20.0. The van der Waals surface area contributed by atoms with Crippen molar-refractivity contribution in [2.75, 3.05) is 52.4 Å². The number of aliphatic imine (C=N–C) groups is 1. The van der Waals surface area contributed by atoms with Gasteiger partial charge in [0.2, 0.25) is 0 Å². The van der Waals surface area contributed by atoms with Gasteiger partial charge in [0.25, 0.3) is 0 Å². The predicted molar refractivity (Wildman–Crippen MR) is 109 cm³/mol. The van der Waals surface area contributed by atoms with Crippen LogP contribution in [-0.2, 0) is 0 Å². The first-order valence-corrected chi connectivity index (χ1v) is 10.4. The number of ether oxygens (including phenoxy) is 1. The van der Waals surface area contributed by atoms with Gasteiger partial charge in [-0.3, -0.25) is 9.89 Å². The number of nitrogens with one attached hydrogen (secondary N) is 1. The number of piperazine rings is 1. The van der Waals surface area contributed by atoms with E-state index < -0.39 is 0 Å². The summed E-state index contributed by atoms with van der Waals surface area (Å²) in [6.07, 6.45) is 2.99. The van der Waals surface area contributed by atoms with E-state index in [0.717, 1.165) is 83.4 Å². The third-order valence-corrected chi connectivity index (χ3v) is 5.52. The molecule has 2 unspecified atom stereocenters. The van der Waals surface area contributed by atoms with E-state index in [2.05, 4.69) is 22.0 Å². The van der Waals surface area contributed by atoms with Gasteiger partial charge in [0.15, 0.2) is 5.96 Å². The van der Waals surface area contributed by atoms with E-state index in [1.807, 2.05) is 30.3 Å². The van der Waals surface area contributed by atoms with Crippen molar-refractivity contribution in [1.29, 1.82) is 0 Å². The molecule has 2 atom stereocenters. The van der Waals surface area contributed by atoms with E-state index in [1.54, 1.807) is 0 Å². The van der Waals surface area contributed by atoms with Gasteiger partial charge in [0, 0.05) is 51.7 Å². The fraction of sp³-hybridized carbons (Fsp3) is 0.667. The molecular formula is C21H34N4O2. The largest absolute Gasteiger partial charge is 0.492 e. The number of hydrogen-bond acceptors (Lipinski definition) is 4. The van der Waals surface area contributed by atoms with Crippen LogP contribution in [0.4, 0.5) is 0 Å². The molecule has 6 nitrogen and oxygen atoms in total. The van der Waals surface area contributed by atoms with Gasteiger partial charge in [-0.15, -0.1) is 0 Å². The molecule has 1 saturated heterocycles. The van der Waals surface area contributed by atoms with Crippen molar-refractivity contribution >= 4 is 5.96 Å². The molecule has 1 heterocycles. The smallest absolute Gasteiger partial charge is 0.194 e. The second kappa shape index (κ2) is 10.5. The zero-order valence-corrected chi connectivity index (χ0v) is 16.5. The minimum Gasteiger partial charge on any atom is -0.492 e. The Labute approximate surface area is 163 Å². The van der Waals surface area contributed by atoms with E-state index in [-0.39, 0.29) is 6.10 Å². The molecule has 1 aromatic rings. The normalized spacial score (nSPS) is 24.2. The number of rotatable bonds is 7. The number of hydrogen-bond donors (Lipinski definition) is 2. The number of nitrogens with zero attached hydrogens (tertiary/aromatic N) is 3. The van der Waals surface area contributed by atoms with Crippen LogP contribution in [0.5, 0.6) is 5.75 Å². The lowest BCUT2D eigenvalue weighted by atomic mass is 10.1. The highest BCUT2D eigenvalue weighted by molar-refractivity contribution is 5.80. The standard InChI is InChI=1S/C21H34N4O2/c1-2-22-21(23-17-18-7-6-10-20(18)26)25-13-11-24(12-14-25)15-16-27-19-8-4-3-5-9-19/h3-5,8-9,18,20,26H,2,6-7,10-17H2,1H3,(H,22,23). The predicted octanol–water partition coefficient (Wildman–Crippen LogP) is 1.81. The van der Waals surface area contributed by atoms with Gasteiger partial charge in [-0.2, -0.15) is 0 Å². The van der Waals surface area contributed by atoms with Crippen LogP contribution in [0, 0.1) is 5.92 Å². The fourth-order valence-electron chi connectivity index (χ4n) is 3.85. The van der Waals surface area contributed by atoms with Gasteiger partial charge in [-0.25, -0.2) is 0 Å². The average molecular weight is 375 g/mol. The molecular weight excluding hydrogens is 340 g/mol. The molecule has 27 heavy (non-hydrogen) atoms. The molecule has 6 heteroatoms. The molecule has 2 aliphatic rings. The lowest BCUT2D eigenvalue weighted by Gasteiger charge is -2.36. The van der Waals surface area contributed by atoms with Crippen molar-refractivity contribution in [1.82, 2.24) is 15.1 Å². The molecule has 0 spiro atoms. The summed E-state index contributed by atoms with van der Waals surface area (Å²) in [4.78, 5) is 9.62. The quantitative estimate of drug-likeness (QED) is 0.563. The lowest BCUT2D eigenvalue weighted by molar-refractivity contribution is 0.135. The fourth-order valence-corrected chi connectivity index (χ4v) is 3.85. The van der Waals surface area contributed by atoms with E-state index in [9.17, 15) is 5.11 Å². The van der Waals surface area contributed by atoms with E-state index in [4.69, 9.17) is 9.73 Å². The Morgan fingerprint density at radius 1 is 1.19 bits per heavy atom. The molecule has 1 aliphatic heterocycles. The Kier molecular flexibility index (Phi) is 7.78. The Hall–Kier alpha value is -1.79. The van der Waals surface area contributed by atoms with Crippen LogP contribution in [0.2, 0.25) is 0 Å². The Bertz CT molecular complexity index is 573. The molecule has 1 aromatic carbocycles. The van der Waals surface area contributed by atoms with Crippen LogP contribution in [0.15, 0.2) is 35.3 Å². The summed E-state index contributed by atoms with van der Waals surface area (Å²) in [6, 6.07) is 10.0. The third kappa shape index (κ3) is 6.11. The zero-order chi connectivity index (χ0) is 18.9. The maximum Gasteiger partial charge on any atom is 0.194 e. The van der Waals surface area contributed by atoms with Crippen molar-refractivity contribution in [3.63, 3.8) is 0 Å². The summed E-state index contributed by atoms with van der Waals surface area (Å²) in [5.74, 6) is 2.26. The SMILES string of the molecule is CCNC(=NCC1CCCC1O)N1CCN(CCOc2ccccc2)CC1. The molecule has 0 bridgehead atoms. The van der Waals surface area contributed by atoms with Gasteiger partial charge < -0.3 is 20.1 Å². The zero-order valence-electron chi connectivity index (χ0n) is 16.5. The first-order valence-electron chi connectivity index (χ1n) is 10.4. The lowest BCUT2D eigenvalue weighted by Crippen LogP contribution is -2.53. The minimum absolute atomic E-state index is 0.168. The summed E-state index contributed by atoms with van der Waals surface area (Å²) in [6.45, 7) is 9.38. The number of guanidine groups is 1. The minimum atomic E-state index is -0.168. The van der Waals surface area contributed by atoms with Gasteiger partial charge in [-0.1, -0.05) is 24.6 Å². The monoisotopic (exact) mass is 374 g/mol. The second-order valence-electron chi connectivity index (χ2n) is 7.44. The molecule has 1 saturated carbocycles. The van der Waals surface area contributed by atoms with E-state index in [0.29, 0.717) is 5.92 Å². The van der Waals surface area contributed by atoms with E-state index in [1.165, 1.54) is 0 Å². The van der Waals surface area contributed by atoms with Gasteiger partial charge in [0.05, 0.1) is 6.10 Å². The Morgan fingerprint density at radius 2 is 1.96 bits per heavy atom. The number of benzene rings is 1. The maximum absolute atomic E-state index is 10.0. The highest BCUT2D eigenvalue weighted by Crippen LogP contribution is 2.25. The molecule has 2 fully saturated rings. The summed E-state index contributed by atoms with van der Waals surface area (Å²) in [5.41, 5.74) is 0. The summed E-state index contributed by atoms with van der Waals surface area (Å²) < 4.78 is 5.81. The van der Waals surface area contributed by atoms with Crippen molar-refractivity contribution in [2.24, 2.45) is 10.9 Å². The highest BCUT2D eigenvalue weighted by atomic mass is 16.5. The maximum atomic E-state index is 10.0. The molecule has 0 radical (unpaired) electrons. The van der Waals surface area contributed by atoms with Gasteiger partial charge >= 0.3 is 0 Å². The van der Waals surface area contributed by atoms with E-state index >= 15 is 0 Å². The third-order valence-electron chi connectivity index (χ3n) is 5.52. The van der Waals surface area contributed by atoms with Crippen LogP contribution < -0.4 is 10.1 Å². The topological polar surface area (TPSA) is 60.3 Å². The summed E-state index contributed by atoms with van der Waals surface area (Å²) >= 11 is 0. The summed E-state index contributed by atoms with van der Waals surface area (Å²) in [7, 11) is 0. The number of para-hydroxylation sites is 1. The van der Waals surface area contributed by atoms with Crippen LogP contribution in [-0.4, -0.2) is 79.4 Å². The average Bonchev–Trinajstić information content (AvgIpc) is 3.11. The first-order chi connectivity index (χ1) is 13.3. The molecule has 0 aromatic heterocycles. The second-order valence-corrected chi connectivity index (χ2v) is 7.44. The summed E-state index contributed by atoms with van der Waals surface area (Å²) in [5, 5.41) is 13.4. The van der Waals surface area contributed by atoms with Crippen molar-refractivity contribution in [3.8, 4) is 5.75 Å². The highest BCUT2D eigenvalue weighted by Gasteiger charge is 2.25. The van der Waals surface area contributed by atoms with Crippen molar-refractivity contribution in [3.05, 3.63) is 30.3 Å². The van der Waals surface area contributed by atoms with Gasteiger partial charge in [-0.05, 0) is 31.9 Å². The number of aliphatic hydroxyl groups excluding tert-OH is 1. The molecule has 150 valence electrons. The Morgan fingerprint density at radius 3 is 2.63 bits per heavy atom. The molecule has 0 amide bonds. The Balaban J connectivity index is 1.41. The van der Waals surface area contributed by atoms with Crippen molar-refractivity contribution in [2.45, 2.75) is 32.3 Å². The van der Waals surface area contributed by atoms with Crippen LogP contribution >= 0.6 is 0 Å². The van der Waals surface area contributed by atoms with Gasteiger partial charge in [0.1, 0.15) is 12.4 Å². The van der Waals surface area contributed by atoms with Crippen molar-refractivity contribution < 1.29 is 9.84 Å². The number of aliphatic hydroxyl groups is 1. The van der Waals surface area contributed by atoms with Crippen LogP contribution in [0.25, 0.3) is 0 Å². The molecule has 1 aliphatic carbocycles. The molecule has 3 rings (SSSR count). The van der Waals surface area contributed by atoms with Crippen LogP contribution in [0.1, 0.15) is 26.2 Å². The molecule has 2 N–H and O–H groups in total.